The Labute approximate surface area is 103 Å². The Kier molecular flexibility index (Phi) is 6.77. The van der Waals surface area contributed by atoms with Crippen molar-refractivity contribution in [3.05, 3.63) is 29.8 Å². The van der Waals surface area contributed by atoms with Gasteiger partial charge in [-0.1, -0.05) is 25.1 Å². The van der Waals surface area contributed by atoms with Crippen molar-refractivity contribution < 1.29 is 4.79 Å². The van der Waals surface area contributed by atoms with Crippen molar-refractivity contribution in [3.8, 4) is 0 Å². The molecule has 90 valence electrons. The fourth-order valence-electron chi connectivity index (χ4n) is 1.44. The third-order valence-electron chi connectivity index (χ3n) is 2.18. The van der Waals surface area contributed by atoms with Crippen molar-refractivity contribution in [1.82, 2.24) is 0 Å². The summed E-state index contributed by atoms with van der Waals surface area (Å²) in [6.07, 6.45) is 1.27. The SMILES string of the molecule is CCc1ccccc1NC(=O)CC(C)N.Cl. The largest absolute Gasteiger partial charge is 0.327 e. The highest BCUT2D eigenvalue weighted by molar-refractivity contribution is 5.91. The minimum Gasteiger partial charge on any atom is -0.327 e. The van der Waals surface area contributed by atoms with Gasteiger partial charge in [0.15, 0.2) is 0 Å². The predicted molar refractivity (Wildman–Crippen MR) is 70.0 cm³/mol. The number of aryl methyl sites for hydroxylation is 1. The van der Waals surface area contributed by atoms with E-state index in [4.69, 9.17) is 5.73 Å². The summed E-state index contributed by atoms with van der Waals surface area (Å²) in [5, 5.41) is 2.87. The van der Waals surface area contributed by atoms with E-state index in [1.807, 2.05) is 31.2 Å². The molecule has 0 spiro atoms. The Balaban J connectivity index is 0.00000225. The van der Waals surface area contributed by atoms with E-state index in [1.54, 1.807) is 0 Å². The van der Waals surface area contributed by atoms with E-state index in [-0.39, 0.29) is 24.4 Å². The number of nitrogens with two attached hydrogens (primary N) is 1. The highest BCUT2D eigenvalue weighted by Gasteiger charge is 2.07. The number of rotatable bonds is 4. The van der Waals surface area contributed by atoms with Gasteiger partial charge in [-0.3, -0.25) is 4.79 Å². The summed E-state index contributed by atoms with van der Waals surface area (Å²) in [5.41, 5.74) is 7.60. The van der Waals surface area contributed by atoms with Gasteiger partial charge in [0, 0.05) is 18.2 Å². The molecule has 1 aromatic rings. The summed E-state index contributed by atoms with van der Waals surface area (Å²) in [6, 6.07) is 7.72. The molecule has 0 aliphatic carbocycles. The molecule has 4 heteroatoms. The molecule has 0 saturated carbocycles. The number of nitrogens with one attached hydrogen (secondary N) is 1. The molecule has 16 heavy (non-hydrogen) atoms. The summed E-state index contributed by atoms with van der Waals surface area (Å²) < 4.78 is 0. The Bertz CT molecular complexity index is 340. The third kappa shape index (κ3) is 4.64. The lowest BCUT2D eigenvalue weighted by molar-refractivity contribution is -0.116. The van der Waals surface area contributed by atoms with Crippen molar-refractivity contribution >= 4 is 24.0 Å². The second-order valence-corrected chi connectivity index (χ2v) is 3.74. The van der Waals surface area contributed by atoms with Crippen molar-refractivity contribution in [3.63, 3.8) is 0 Å². The number of hydrogen-bond donors (Lipinski definition) is 2. The van der Waals surface area contributed by atoms with Gasteiger partial charge >= 0.3 is 0 Å². The van der Waals surface area contributed by atoms with Gasteiger partial charge in [0.2, 0.25) is 5.91 Å². The Morgan fingerprint density at radius 1 is 1.44 bits per heavy atom. The lowest BCUT2D eigenvalue weighted by Crippen LogP contribution is -2.24. The maximum Gasteiger partial charge on any atom is 0.225 e. The molecule has 1 amide bonds. The summed E-state index contributed by atoms with van der Waals surface area (Å²) in [5.74, 6) is -0.0223. The highest BCUT2D eigenvalue weighted by atomic mass is 35.5. The zero-order chi connectivity index (χ0) is 11.3. The first-order valence-electron chi connectivity index (χ1n) is 5.26. The van der Waals surface area contributed by atoms with E-state index in [2.05, 4.69) is 12.2 Å². The number of amides is 1. The monoisotopic (exact) mass is 242 g/mol. The molecule has 1 aromatic carbocycles. The summed E-state index contributed by atoms with van der Waals surface area (Å²) in [7, 11) is 0. The molecule has 0 heterocycles. The zero-order valence-electron chi connectivity index (χ0n) is 9.69. The Morgan fingerprint density at radius 3 is 2.62 bits per heavy atom. The van der Waals surface area contributed by atoms with E-state index in [9.17, 15) is 4.79 Å². The van der Waals surface area contributed by atoms with Crippen LogP contribution in [0.1, 0.15) is 25.8 Å². The van der Waals surface area contributed by atoms with Crippen molar-refractivity contribution in [1.29, 1.82) is 0 Å². The van der Waals surface area contributed by atoms with Gasteiger partial charge < -0.3 is 11.1 Å². The van der Waals surface area contributed by atoms with Gasteiger partial charge in [0.1, 0.15) is 0 Å². The molecule has 3 N–H and O–H groups in total. The standard InChI is InChI=1S/C12H18N2O.ClH/c1-3-10-6-4-5-7-11(10)14-12(15)8-9(2)13;/h4-7,9H,3,8,13H2,1-2H3,(H,14,15);1H. The molecule has 0 fully saturated rings. The van der Waals surface area contributed by atoms with E-state index in [1.165, 1.54) is 0 Å². The van der Waals surface area contributed by atoms with Crippen molar-refractivity contribution in [2.45, 2.75) is 32.7 Å². The van der Waals surface area contributed by atoms with Gasteiger partial charge in [-0.25, -0.2) is 0 Å². The Morgan fingerprint density at radius 2 is 2.06 bits per heavy atom. The van der Waals surface area contributed by atoms with Gasteiger partial charge in [-0.15, -0.1) is 12.4 Å². The number of halogens is 1. The van der Waals surface area contributed by atoms with Crippen LogP contribution in [0.5, 0.6) is 0 Å². The molecular formula is C12H19ClN2O. The van der Waals surface area contributed by atoms with Crippen LogP contribution in [0.4, 0.5) is 5.69 Å². The van der Waals surface area contributed by atoms with Crippen LogP contribution in [0.2, 0.25) is 0 Å². The van der Waals surface area contributed by atoms with Crippen LogP contribution in [0.3, 0.4) is 0 Å². The molecule has 1 atom stereocenters. The first-order chi connectivity index (χ1) is 7.13. The van der Waals surface area contributed by atoms with Crippen LogP contribution in [0.15, 0.2) is 24.3 Å². The second-order valence-electron chi connectivity index (χ2n) is 3.74. The summed E-state index contributed by atoms with van der Waals surface area (Å²) >= 11 is 0. The van der Waals surface area contributed by atoms with Crippen LogP contribution >= 0.6 is 12.4 Å². The van der Waals surface area contributed by atoms with Crippen LogP contribution < -0.4 is 11.1 Å². The minimum atomic E-state index is -0.0983. The van der Waals surface area contributed by atoms with E-state index >= 15 is 0 Å². The first kappa shape index (κ1) is 14.9. The molecule has 0 saturated heterocycles. The number of hydrogen-bond acceptors (Lipinski definition) is 2. The van der Waals surface area contributed by atoms with Gasteiger partial charge in [0.05, 0.1) is 0 Å². The van der Waals surface area contributed by atoms with Crippen LogP contribution in [-0.2, 0) is 11.2 Å². The average Bonchev–Trinajstić information content (AvgIpc) is 2.17. The molecule has 1 unspecified atom stereocenters. The fraction of sp³-hybridized carbons (Fsp3) is 0.417. The molecule has 3 nitrogen and oxygen atoms in total. The van der Waals surface area contributed by atoms with Crippen LogP contribution in [0, 0.1) is 0 Å². The summed E-state index contributed by atoms with van der Waals surface area (Å²) in [6.45, 7) is 3.89. The lowest BCUT2D eigenvalue weighted by atomic mass is 10.1. The number of anilines is 1. The van der Waals surface area contributed by atoms with Gasteiger partial charge in [0.25, 0.3) is 0 Å². The zero-order valence-corrected chi connectivity index (χ0v) is 10.5. The lowest BCUT2D eigenvalue weighted by Gasteiger charge is -2.10. The smallest absolute Gasteiger partial charge is 0.225 e. The minimum absolute atomic E-state index is 0. The molecule has 1 rings (SSSR count). The van der Waals surface area contributed by atoms with E-state index < -0.39 is 0 Å². The molecule has 0 aliphatic rings. The van der Waals surface area contributed by atoms with Crippen LogP contribution in [0.25, 0.3) is 0 Å². The Hall–Kier alpha value is -1.06. The molecule has 0 aromatic heterocycles. The van der Waals surface area contributed by atoms with Gasteiger partial charge in [-0.05, 0) is 25.0 Å². The fourth-order valence-corrected chi connectivity index (χ4v) is 1.44. The molecule has 0 bridgehead atoms. The summed E-state index contributed by atoms with van der Waals surface area (Å²) in [4.78, 5) is 11.5. The number of carbonyl (C=O) groups excluding carboxylic acids is 1. The third-order valence-corrected chi connectivity index (χ3v) is 2.18. The predicted octanol–water partition coefficient (Wildman–Crippen LogP) is 2.35. The average molecular weight is 243 g/mol. The number of carbonyl (C=O) groups is 1. The van der Waals surface area contributed by atoms with Crippen molar-refractivity contribution in [2.75, 3.05) is 5.32 Å². The van der Waals surface area contributed by atoms with E-state index in [0.29, 0.717) is 6.42 Å². The molecule has 0 aliphatic heterocycles. The molecule has 0 radical (unpaired) electrons. The maximum absolute atomic E-state index is 11.5. The maximum atomic E-state index is 11.5. The highest BCUT2D eigenvalue weighted by Crippen LogP contribution is 2.15. The van der Waals surface area contributed by atoms with E-state index in [0.717, 1.165) is 17.7 Å². The molecular weight excluding hydrogens is 224 g/mol. The first-order valence-corrected chi connectivity index (χ1v) is 5.26. The number of benzene rings is 1. The van der Waals surface area contributed by atoms with Crippen molar-refractivity contribution in [2.24, 2.45) is 5.73 Å². The topological polar surface area (TPSA) is 55.1 Å². The van der Waals surface area contributed by atoms with Gasteiger partial charge in [-0.2, -0.15) is 0 Å². The quantitative estimate of drug-likeness (QED) is 0.852. The normalized spacial score (nSPS) is 11.4. The number of para-hydroxylation sites is 1. The second kappa shape index (κ2) is 7.25. The van der Waals surface area contributed by atoms with Crippen LogP contribution in [-0.4, -0.2) is 11.9 Å².